The highest BCUT2D eigenvalue weighted by atomic mass is 16.5. The second-order valence-corrected chi connectivity index (χ2v) is 5.64. The fourth-order valence-corrected chi connectivity index (χ4v) is 3.18. The smallest absolute Gasteiger partial charge is 0.0498 e. The Morgan fingerprint density at radius 1 is 1.18 bits per heavy atom. The summed E-state index contributed by atoms with van der Waals surface area (Å²) < 4.78 is 5.40. The summed E-state index contributed by atoms with van der Waals surface area (Å²) in [6.07, 6.45) is 9.11. The van der Waals surface area contributed by atoms with Crippen LogP contribution in [0.1, 0.15) is 44.9 Å². The summed E-state index contributed by atoms with van der Waals surface area (Å²) in [5.74, 6) is 1.03. The molecule has 2 aliphatic rings. The first-order valence-corrected chi connectivity index (χ1v) is 7.32. The second kappa shape index (κ2) is 7.34. The van der Waals surface area contributed by atoms with E-state index in [1.807, 2.05) is 0 Å². The molecule has 0 aromatic carbocycles. The Morgan fingerprint density at radius 3 is 2.65 bits per heavy atom. The lowest BCUT2D eigenvalue weighted by atomic mass is 9.89. The van der Waals surface area contributed by atoms with Crippen molar-refractivity contribution in [2.45, 2.75) is 51.0 Å². The molecule has 0 bridgehead atoms. The highest BCUT2D eigenvalue weighted by Crippen LogP contribution is 2.24. The van der Waals surface area contributed by atoms with Gasteiger partial charge in [0, 0.05) is 25.9 Å². The van der Waals surface area contributed by atoms with Crippen LogP contribution in [0.4, 0.5) is 0 Å². The van der Waals surface area contributed by atoms with E-state index in [4.69, 9.17) is 4.74 Å². The summed E-state index contributed by atoms with van der Waals surface area (Å²) in [5.41, 5.74) is 0. The predicted molar refractivity (Wildman–Crippen MR) is 69.0 cm³/mol. The molecular weight excluding hydrogens is 214 g/mol. The number of aliphatic hydroxyl groups is 1. The van der Waals surface area contributed by atoms with Crippen LogP contribution in [-0.4, -0.2) is 37.5 Å². The van der Waals surface area contributed by atoms with Crippen molar-refractivity contribution in [1.29, 1.82) is 0 Å². The third-order valence-electron chi connectivity index (χ3n) is 4.42. The molecule has 1 saturated carbocycles. The van der Waals surface area contributed by atoms with Crippen LogP contribution in [0.3, 0.4) is 0 Å². The Bertz CT molecular complexity index is 198. The molecule has 17 heavy (non-hydrogen) atoms. The van der Waals surface area contributed by atoms with E-state index in [-0.39, 0.29) is 0 Å². The molecule has 1 saturated heterocycles. The van der Waals surface area contributed by atoms with Crippen molar-refractivity contribution in [3.05, 3.63) is 0 Å². The van der Waals surface area contributed by atoms with Gasteiger partial charge < -0.3 is 15.2 Å². The number of hydrogen-bond acceptors (Lipinski definition) is 3. The van der Waals surface area contributed by atoms with Gasteiger partial charge in [-0.05, 0) is 44.1 Å². The van der Waals surface area contributed by atoms with E-state index in [0.29, 0.717) is 18.4 Å². The van der Waals surface area contributed by atoms with Gasteiger partial charge in [-0.1, -0.05) is 19.3 Å². The van der Waals surface area contributed by atoms with Crippen molar-refractivity contribution >= 4 is 0 Å². The van der Waals surface area contributed by atoms with Gasteiger partial charge in [0.2, 0.25) is 0 Å². The van der Waals surface area contributed by atoms with Crippen molar-refractivity contribution in [3.63, 3.8) is 0 Å². The summed E-state index contributed by atoms with van der Waals surface area (Å²) in [4.78, 5) is 0. The molecule has 0 spiro atoms. The first-order valence-electron chi connectivity index (χ1n) is 7.32. The molecule has 3 nitrogen and oxygen atoms in total. The summed E-state index contributed by atoms with van der Waals surface area (Å²) in [7, 11) is 0. The zero-order chi connectivity index (χ0) is 11.9. The van der Waals surface area contributed by atoms with E-state index >= 15 is 0 Å². The van der Waals surface area contributed by atoms with E-state index in [1.54, 1.807) is 0 Å². The van der Waals surface area contributed by atoms with E-state index in [2.05, 4.69) is 5.32 Å². The summed E-state index contributed by atoms with van der Waals surface area (Å²) in [6.45, 7) is 3.12. The lowest BCUT2D eigenvalue weighted by Gasteiger charge is -2.25. The quantitative estimate of drug-likeness (QED) is 0.747. The number of ether oxygens (including phenoxy) is 1. The molecule has 2 N–H and O–H groups in total. The van der Waals surface area contributed by atoms with Crippen molar-refractivity contribution in [1.82, 2.24) is 5.32 Å². The largest absolute Gasteiger partial charge is 0.396 e. The van der Waals surface area contributed by atoms with Crippen LogP contribution in [0.25, 0.3) is 0 Å². The monoisotopic (exact) mass is 241 g/mol. The van der Waals surface area contributed by atoms with E-state index in [0.717, 1.165) is 38.6 Å². The lowest BCUT2D eigenvalue weighted by molar-refractivity contribution is 0.133. The molecule has 2 fully saturated rings. The van der Waals surface area contributed by atoms with Gasteiger partial charge in [-0.25, -0.2) is 0 Å². The minimum Gasteiger partial charge on any atom is -0.396 e. The summed E-state index contributed by atoms with van der Waals surface area (Å²) in [5, 5.41) is 13.1. The van der Waals surface area contributed by atoms with Gasteiger partial charge in [0.25, 0.3) is 0 Å². The van der Waals surface area contributed by atoms with Gasteiger partial charge in [-0.15, -0.1) is 0 Å². The maximum absolute atomic E-state index is 9.44. The topological polar surface area (TPSA) is 41.5 Å². The Labute approximate surface area is 105 Å². The number of hydrogen-bond donors (Lipinski definition) is 2. The van der Waals surface area contributed by atoms with Crippen molar-refractivity contribution in [3.8, 4) is 0 Å². The highest BCUT2D eigenvalue weighted by molar-refractivity contribution is 4.76. The van der Waals surface area contributed by atoms with Gasteiger partial charge in [-0.3, -0.25) is 0 Å². The van der Waals surface area contributed by atoms with Gasteiger partial charge in [0.15, 0.2) is 0 Å². The van der Waals surface area contributed by atoms with Gasteiger partial charge in [-0.2, -0.15) is 0 Å². The van der Waals surface area contributed by atoms with Crippen LogP contribution in [0.5, 0.6) is 0 Å². The lowest BCUT2D eigenvalue weighted by Crippen LogP contribution is -2.34. The molecule has 0 aromatic heterocycles. The fourth-order valence-electron chi connectivity index (χ4n) is 3.18. The molecule has 1 heterocycles. The van der Waals surface area contributed by atoms with E-state index in [1.165, 1.54) is 32.1 Å². The maximum Gasteiger partial charge on any atom is 0.0498 e. The maximum atomic E-state index is 9.44. The molecule has 0 radical (unpaired) electrons. The Hall–Kier alpha value is -0.120. The van der Waals surface area contributed by atoms with E-state index in [9.17, 15) is 5.11 Å². The van der Waals surface area contributed by atoms with Crippen LogP contribution in [0.2, 0.25) is 0 Å². The normalized spacial score (nSPS) is 28.4. The molecule has 1 aliphatic carbocycles. The zero-order valence-corrected chi connectivity index (χ0v) is 10.9. The molecule has 100 valence electrons. The van der Waals surface area contributed by atoms with Crippen LogP contribution in [-0.2, 0) is 4.74 Å². The molecule has 3 heteroatoms. The number of nitrogens with one attached hydrogen (secondary N) is 1. The number of rotatable bonds is 6. The molecule has 0 amide bonds. The molecule has 0 aromatic rings. The molecule has 2 rings (SSSR count). The minimum atomic E-state index is 0.320. The molecule has 2 unspecified atom stereocenters. The van der Waals surface area contributed by atoms with Crippen LogP contribution >= 0.6 is 0 Å². The Balaban J connectivity index is 1.61. The Morgan fingerprint density at radius 2 is 2.00 bits per heavy atom. The van der Waals surface area contributed by atoms with E-state index < -0.39 is 0 Å². The molecule has 1 aliphatic heterocycles. The highest BCUT2D eigenvalue weighted by Gasteiger charge is 2.25. The third kappa shape index (κ3) is 4.23. The average molecular weight is 241 g/mol. The SMILES string of the molecule is OCC(CCNC1CCCCC1)C1CCOC1. The van der Waals surface area contributed by atoms with Crippen molar-refractivity contribution < 1.29 is 9.84 Å². The van der Waals surface area contributed by atoms with Crippen LogP contribution < -0.4 is 5.32 Å². The van der Waals surface area contributed by atoms with Gasteiger partial charge in [0.1, 0.15) is 0 Å². The van der Waals surface area contributed by atoms with Crippen LogP contribution in [0, 0.1) is 11.8 Å². The molecule has 2 atom stereocenters. The number of aliphatic hydroxyl groups excluding tert-OH is 1. The first kappa shape index (κ1) is 13.3. The van der Waals surface area contributed by atoms with Gasteiger partial charge in [0.05, 0.1) is 0 Å². The van der Waals surface area contributed by atoms with Gasteiger partial charge >= 0.3 is 0 Å². The molecular formula is C14H27NO2. The summed E-state index contributed by atoms with van der Waals surface area (Å²) in [6, 6.07) is 0.739. The van der Waals surface area contributed by atoms with Crippen molar-refractivity contribution in [2.24, 2.45) is 11.8 Å². The standard InChI is InChI=1S/C14H27NO2/c16-10-12(13-7-9-17-11-13)6-8-15-14-4-2-1-3-5-14/h12-16H,1-11H2. The van der Waals surface area contributed by atoms with Crippen molar-refractivity contribution in [2.75, 3.05) is 26.4 Å². The zero-order valence-electron chi connectivity index (χ0n) is 10.9. The second-order valence-electron chi connectivity index (χ2n) is 5.64. The first-order chi connectivity index (χ1) is 8.40. The predicted octanol–water partition coefficient (Wildman–Crippen LogP) is 1.94. The summed E-state index contributed by atoms with van der Waals surface area (Å²) >= 11 is 0. The minimum absolute atomic E-state index is 0.320. The average Bonchev–Trinajstić information content (AvgIpc) is 2.90. The Kier molecular flexibility index (Phi) is 5.75. The fraction of sp³-hybridized carbons (Fsp3) is 1.00. The third-order valence-corrected chi connectivity index (χ3v) is 4.42. The van der Waals surface area contributed by atoms with Crippen LogP contribution in [0.15, 0.2) is 0 Å².